The van der Waals surface area contributed by atoms with E-state index in [9.17, 15) is 4.79 Å². The maximum absolute atomic E-state index is 11.3. The lowest BCUT2D eigenvalue weighted by molar-refractivity contribution is -0.134. The molecule has 108 valence electrons. The van der Waals surface area contributed by atoms with Crippen molar-refractivity contribution in [1.82, 2.24) is 0 Å². The minimum Gasteiger partial charge on any atom is -0.427 e. The van der Waals surface area contributed by atoms with Gasteiger partial charge in [0.05, 0.1) is 0 Å². The molecule has 0 aliphatic rings. The molecular formula is C19H20O2. The Bertz CT molecular complexity index is 610. The smallest absolute Gasteiger partial charge is 0.310 e. The molecule has 2 nitrogen and oxygen atoms in total. The number of hydrogen-bond donors (Lipinski definition) is 0. The maximum atomic E-state index is 11.3. The van der Waals surface area contributed by atoms with E-state index in [0.29, 0.717) is 12.2 Å². The van der Waals surface area contributed by atoms with Gasteiger partial charge in [-0.15, -0.1) is 0 Å². The average molecular weight is 280 g/mol. The zero-order chi connectivity index (χ0) is 15.1. The first-order valence-electron chi connectivity index (χ1n) is 7.29. The molecule has 2 heteroatoms. The fraction of sp³-hybridized carbons (Fsp3) is 0.211. The van der Waals surface area contributed by atoms with Crippen molar-refractivity contribution < 1.29 is 9.53 Å². The predicted octanol–water partition coefficient (Wildman–Crippen LogP) is 4.95. The Morgan fingerprint density at radius 3 is 2.19 bits per heavy atom. The maximum Gasteiger partial charge on any atom is 0.310 e. The lowest BCUT2D eigenvalue weighted by Crippen LogP contribution is -2.05. The fourth-order valence-electron chi connectivity index (χ4n) is 2.08. The molecule has 0 fully saturated rings. The minimum atomic E-state index is -0.210. The molecule has 0 amide bonds. The van der Waals surface area contributed by atoms with Crippen molar-refractivity contribution >= 4 is 17.6 Å². The van der Waals surface area contributed by atoms with Crippen LogP contribution in [-0.4, -0.2) is 5.97 Å². The quantitative estimate of drug-likeness (QED) is 0.440. The topological polar surface area (TPSA) is 26.3 Å². The van der Waals surface area contributed by atoms with Crippen molar-refractivity contribution in [3.05, 3.63) is 65.7 Å². The van der Waals surface area contributed by atoms with E-state index < -0.39 is 0 Å². The molecule has 2 aromatic rings. The predicted molar refractivity (Wildman–Crippen MR) is 87.0 cm³/mol. The Morgan fingerprint density at radius 2 is 1.62 bits per heavy atom. The van der Waals surface area contributed by atoms with Crippen LogP contribution >= 0.6 is 0 Å². The highest BCUT2D eigenvalue weighted by molar-refractivity contribution is 5.81. The summed E-state index contributed by atoms with van der Waals surface area (Å²) in [6.45, 7) is 3.92. The summed E-state index contributed by atoms with van der Waals surface area (Å²) in [7, 11) is 0. The van der Waals surface area contributed by atoms with E-state index in [2.05, 4.69) is 25.1 Å². The van der Waals surface area contributed by atoms with Gasteiger partial charge in [0.25, 0.3) is 0 Å². The Labute approximate surface area is 126 Å². The third-order valence-corrected chi connectivity index (χ3v) is 3.27. The third-order valence-electron chi connectivity index (χ3n) is 3.27. The van der Waals surface area contributed by atoms with Gasteiger partial charge in [0.1, 0.15) is 5.75 Å². The molecule has 0 aliphatic carbocycles. The van der Waals surface area contributed by atoms with Crippen LogP contribution in [0.15, 0.2) is 54.6 Å². The SMILES string of the molecule is CCC(=O)Oc1ccc(C(=Cc2ccccc2)CC)cc1. The number of ether oxygens (including phenoxy) is 1. The van der Waals surface area contributed by atoms with E-state index in [4.69, 9.17) is 4.74 Å². The van der Waals surface area contributed by atoms with Crippen molar-refractivity contribution in [2.24, 2.45) is 0 Å². The highest BCUT2D eigenvalue weighted by Crippen LogP contribution is 2.23. The molecule has 0 saturated carbocycles. The van der Waals surface area contributed by atoms with Gasteiger partial charge >= 0.3 is 5.97 Å². The number of esters is 1. The van der Waals surface area contributed by atoms with E-state index in [0.717, 1.165) is 12.0 Å². The molecule has 0 aromatic heterocycles. The molecule has 0 unspecified atom stereocenters. The summed E-state index contributed by atoms with van der Waals surface area (Å²) >= 11 is 0. The molecule has 0 spiro atoms. The van der Waals surface area contributed by atoms with Crippen LogP contribution in [0.5, 0.6) is 5.75 Å². The van der Waals surface area contributed by atoms with Crippen molar-refractivity contribution in [2.75, 3.05) is 0 Å². The van der Waals surface area contributed by atoms with Gasteiger partial charge in [0.2, 0.25) is 0 Å². The van der Waals surface area contributed by atoms with Crippen LogP contribution in [-0.2, 0) is 4.79 Å². The van der Waals surface area contributed by atoms with Crippen LogP contribution < -0.4 is 4.74 Å². The number of carbonyl (C=O) groups excluding carboxylic acids is 1. The average Bonchev–Trinajstić information content (AvgIpc) is 2.54. The largest absolute Gasteiger partial charge is 0.427 e. The van der Waals surface area contributed by atoms with E-state index >= 15 is 0 Å². The molecule has 2 aromatic carbocycles. The van der Waals surface area contributed by atoms with Crippen molar-refractivity contribution in [3.8, 4) is 5.75 Å². The van der Waals surface area contributed by atoms with Gasteiger partial charge in [-0.25, -0.2) is 0 Å². The number of carbonyl (C=O) groups is 1. The summed E-state index contributed by atoms with van der Waals surface area (Å²) < 4.78 is 5.19. The molecule has 0 aliphatic heterocycles. The van der Waals surface area contributed by atoms with Crippen LogP contribution in [0.3, 0.4) is 0 Å². The highest BCUT2D eigenvalue weighted by Gasteiger charge is 2.03. The van der Waals surface area contributed by atoms with Gasteiger partial charge in [0.15, 0.2) is 0 Å². The first-order valence-corrected chi connectivity index (χ1v) is 7.29. The normalized spacial score (nSPS) is 11.2. The number of hydrogen-bond acceptors (Lipinski definition) is 2. The summed E-state index contributed by atoms with van der Waals surface area (Å²) in [5.74, 6) is 0.388. The lowest BCUT2D eigenvalue weighted by atomic mass is 10.0. The Hall–Kier alpha value is -2.35. The Balaban J connectivity index is 2.19. The molecular weight excluding hydrogens is 260 g/mol. The van der Waals surface area contributed by atoms with Crippen LogP contribution in [0.4, 0.5) is 0 Å². The monoisotopic (exact) mass is 280 g/mol. The van der Waals surface area contributed by atoms with Gasteiger partial charge in [-0.05, 0) is 35.3 Å². The third kappa shape index (κ3) is 4.32. The summed E-state index contributed by atoms with van der Waals surface area (Å²) in [4.78, 5) is 11.3. The zero-order valence-electron chi connectivity index (χ0n) is 12.5. The Morgan fingerprint density at radius 1 is 0.952 bits per heavy atom. The summed E-state index contributed by atoms with van der Waals surface area (Å²) in [6, 6.07) is 17.9. The second-order valence-corrected chi connectivity index (χ2v) is 4.79. The van der Waals surface area contributed by atoms with E-state index in [1.54, 1.807) is 6.92 Å². The van der Waals surface area contributed by atoms with Crippen molar-refractivity contribution in [3.63, 3.8) is 0 Å². The van der Waals surface area contributed by atoms with E-state index in [1.807, 2.05) is 42.5 Å². The molecule has 0 saturated heterocycles. The van der Waals surface area contributed by atoms with Gasteiger partial charge in [-0.1, -0.05) is 62.4 Å². The number of rotatable bonds is 5. The van der Waals surface area contributed by atoms with Crippen LogP contribution in [0.25, 0.3) is 11.6 Å². The second-order valence-electron chi connectivity index (χ2n) is 4.79. The molecule has 0 heterocycles. The molecule has 0 N–H and O–H groups in total. The first-order chi connectivity index (χ1) is 10.2. The van der Waals surface area contributed by atoms with E-state index in [-0.39, 0.29) is 5.97 Å². The zero-order valence-corrected chi connectivity index (χ0v) is 12.5. The fourth-order valence-corrected chi connectivity index (χ4v) is 2.08. The number of allylic oxidation sites excluding steroid dienone is 1. The minimum absolute atomic E-state index is 0.210. The van der Waals surface area contributed by atoms with Crippen molar-refractivity contribution in [1.29, 1.82) is 0 Å². The van der Waals surface area contributed by atoms with Gasteiger partial charge in [-0.2, -0.15) is 0 Å². The Kier molecular flexibility index (Phi) is 5.33. The highest BCUT2D eigenvalue weighted by atomic mass is 16.5. The summed E-state index contributed by atoms with van der Waals surface area (Å²) in [5.41, 5.74) is 3.60. The van der Waals surface area contributed by atoms with Crippen molar-refractivity contribution in [2.45, 2.75) is 26.7 Å². The van der Waals surface area contributed by atoms with Crippen LogP contribution in [0.1, 0.15) is 37.8 Å². The van der Waals surface area contributed by atoms with Crippen LogP contribution in [0.2, 0.25) is 0 Å². The first kappa shape index (κ1) is 15.0. The van der Waals surface area contributed by atoms with Gasteiger partial charge < -0.3 is 4.74 Å². The lowest BCUT2D eigenvalue weighted by Gasteiger charge is -2.07. The van der Waals surface area contributed by atoms with Gasteiger partial charge in [-0.3, -0.25) is 4.79 Å². The molecule has 0 atom stereocenters. The van der Waals surface area contributed by atoms with Crippen LogP contribution in [0, 0.1) is 0 Å². The second kappa shape index (κ2) is 7.44. The summed E-state index contributed by atoms with van der Waals surface area (Å²) in [6.07, 6.45) is 3.52. The summed E-state index contributed by atoms with van der Waals surface area (Å²) in [5, 5.41) is 0. The van der Waals surface area contributed by atoms with Gasteiger partial charge in [0, 0.05) is 6.42 Å². The molecule has 0 bridgehead atoms. The standard InChI is InChI=1S/C19H20O2/c1-3-16(14-15-8-6-5-7-9-15)17-10-12-18(13-11-17)21-19(20)4-2/h5-14H,3-4H2,1-2H3. The molecule has 2 rings (SSSR count). The van der Waals surface area contributed by atoms with E-state index in [1.165, 1.54) is 11.1 Å². The molecule has 21 heavy (non-hydrogen) atoms. The number of benzene rings is 2. The molecule has 0 radical (unpaired) electrons.